The number of nitrogens with zero attached hydrogens (tertiary/aromatic N) is 1. The van der Waals surface area contributed by atoms with E-state index in [0.29, 0.717) is 6.07 Å². The van der Waals surface area contributed by atoms with Crippen LogP contribution in [0.15, 0.2) is 60.8 Å². The second kappa shape index (κ2) is 7.69. The number of pyridine rings is 1. The lowest BCUT2D eigenvalue weighted by molar-refractivity contribution is 0.102. The molecule has 27 heavy (non-hydrogen) atoms. The van der Waals surface area contributed by atoms with Crippen molar-refractivity contribution in [3.05, 3.63) is 89.5 Å². The maximum absolute atomic E-state index is 13.6. The van der Waals surface area contributed by atoms with E-state index in [0.717, 1.165) is 18.2 Å². The van der Waals surface area contributed by atoms with Crippen molar-refractivity contribution in [2.24, 2.45) is 0 Å². The summed E-state index contributed by atoms with van der Waals surface area (Å²) in [5, 5.41) is 4.74. The molecule has 2 aromatic carbocycles. The third kappa shape index (κ3) is 4.49. The summed E-state index contributed by atoms with van der Waals surface area (Å²) in [6.07, 6.45) is 1.23. The van der Waals surface area contributed by atoms with E-state index in [1.54, 1.807) is 0 Å². The van der Waals surface area contributed by atoms with Crippen molar-refractivity contribution in [2.45, 2.75) is 0 Å². The van der Waals surface area contributed by atoms with Crippen molar-refractivity contribution >= 4 is 23.2 Å². The number of carbonyl (C=O) groups is 2. The van der Waals surface area contributed by atoms with Gasteiger partial charge in [0.05, 0.1) is 5.69 Å². The molecule has 0 saturated carbocycles. The van der Waals surface area contributed by atoms with Gasteiger partial charge in [0, 0.05) is 23.5 Å². The van der Waals surface area contributed by atoms with Gasteiger partial charge in [-0.1, -0.05) is 6.07 Å². The largest absolute Gasteiger partial charge is 0.322 e. The first kappa shape index (κ1) is 18.1. The molecule has 1 heterocycles. The molecule has 0 bridgehead atoms. The van der Waals surface area contributed by atoms with Gasteiger partial charge in [-0.2, -0.15) is 0 Å². The Kier molecular flexibility index (Phi) is 5.16. The third-order valence-corrected chi connectivity index (χ3v) is 3.52. The van der Waals surface area contributed by atoms with Crippen LogP contribution in [0.4, 0.5) is 24.5 Å². The van der Waals surface area contributed by atoms with Crippen LogP contribution in [0, 0.1) is 17.5 Å². The van der Waals surface area contributed by atoms with Crippen LogP contribution in [-0.2, 0) is 0 Å². The van der Waals surface area contributed by atoms with E-state index in [1.807, 2.05) is 0 Å². The summed E-state index contributed by atoms with van der Waals surface area (Å²) in [4.78, 5) is 28.3. The summed E-state index contributed by atoms with van der Waals surface area (Å²) in [6.45, 7) is 0. The topological polar surface area (TPSA) is 71.1 Å². The number of anilines is 2. The number of carbonyl (C=O) groups excluding carboxylic acids is 2. The summed E-state index contributed by atoms with van der Waals surface area (Å²) in [6, 6.07) is 10.6. The monoisotopic (exact) mass is 371 g/mol. The molecule has 3 rings (SSSR count). The van der Waals surface area contributed by atoms with Crippen molar-refractivity contribution in [3.63, 3.8) is 0 Å². The molecule has 5 nitrogen and oxygen atoms in total. The molecule has 2 amide bonds. The molecule has 0 aliphatic heterocycles. The number of hydrogen-bond acceptors (Lipinski definition) is 3. The molecule has 0 atom stereocenters. The molecule has 136 valence electrons. The van der Waals surface area contributed by atoms with E-state index in [2.05, 4.69) is 15.6 Å². The van der Waals surface area contributed by atoms with Crippen LogP contribution in [-0.4, -0.2) is 16.8 Å². The van der Waals surface area contributed by atoms with E-state index in [1.165, 1.54) is 36.5 Å². The van der Waals surface area contributed by atoms with Gasteiger partial charge in [-0.3, -0.25) is 14.6 Å². The van der Waals surface area contributed by atoms with Gasteiger partial charge in [-0.25, -0.2) is 13.2 Å². The van der Waals surface area contributed by atoms with E-state index in [4.69, 9.17) is 0 Å². The lowest BCUT2D eigenvalue weighted by atomic mass is 10.2. The Hall–Kier alpha value is -3.68. The number of aromatic nitrogens is 1. The molecule has 0 radical (unpaired) electrons. The third-order valence-electron chi connectivity index (χ3n) is 3.52. The highest BCUT2D eigenvalue weighted by Crippen LogP contribution is 2.16. The lowest BCUT2D eigenvalue weighted by Crippen LogP contribution is -2.17. The minimum absolute atomic E-state index is 0.0963. The van der Waals surface area contributed by atoms with Crippen LogP contribution in [0.2, 0.25) is 0 Å². The Labute approximate surface area is 151 Å². The van der Waals surface area contributed by atoms with Crippen LogP contribution in [0.3, 0.4) is 0 Å². The summed E-state index contributed by atoms with van der Waals surface area (Å²) in [5.74, 6) is -3.59. The minimum Gasteiger partial charge on any atom is -0.322 e. The molecule has 0 fully saturated rings. The van der Waals surface area contributed by atoms with Gasteiger partial charge in [-0.15, -0.1) is 0 Å². The van der Waals surface area contributed by atoms with Gasteiger partial charge in [0.1, 0.15) is 23.1 Å². The fraction of sp³-hybridized carbons (Fsp3) is 0. The van der Waals surface area contributed by atoms with Gasteiger partial charge in [0.25, 0.3) is 11.8 Å². The molecule has 2 N–H and O–H groups in total. The van der Waals surface area contributed by atoms with Gasteiger partial charge in [-0.05, 0) is 42.5 Å². The zero-order valence-corrected chi connectivity index (χ0v) is 13.7. The maximum Gasteiger partial charge on any atom is 0.274 e. The number of halogens is 3. The maximum atomic E-state index is 13.6. The molecular formula is C19H12F3N3O2. The standard InChI is InChI=1S/C19H12F3N3O2/c20-12-2-1-3-14(9-12)24-18(26)11-6-7-23-17(8-11)19(27)25-16-5-4-13(21)10-15(16)22/h1-10H,(H,24,26)(H,25,27). The number of rotatable bonds is 4. The first-order valence-electron chi connectivity index (χ1n) is 7.72. The van der Waals surface area contributed by atoms with Gasteiger partial charge >= 0.3 is 0 Å². The molecule has 0 spiro atoms. The highest BCUT2D eigenvalue weighted by atomic mass is 19.1. The van der Waals surface area contributed by atoms with E-state index in [-0.39, 0.29) is 22.6 Å². The van der Waals surface area contributed by atoms with Crippen molar-refractivity contribution in [3.8, 4) is 0 Å². The van der Waals surface area contributed by atoms with E-state index in [9.17, 15) is 22.8 Å². The number of nitrogens with one attached hydrogen (secondary N) is 2. The van der Waals surface area contributed by atoms with Crippen molar-refractivity contribution < 1.29 is 22.8 Å². The van der Waals surface area contributed by atoms with E-state index < -0.39 is 29.3 Å². The summed E-state index contributed by atoms with van der Waals surface area (Å²) in [7, 11) is 0. The van der Waals surface area contributed by atoms with E-state index >= 15 is 0 Å². The van der Waals surface area contributed by atoms with Gasteiger partial charge in [0.2, 0.25) is 0 Å². The smallest absolute Gasteiger partial charge is 0.274 e. The van der Waals surface area contributed by atoms with Crippen LogP contribution >= 0.6 is 0 Å². The second-order valence-electron chi connectivity index (χ2n) is 5.47. The molecule has 0 saturated heterocycles. The molecule has 8 heteroatoms. The second-order valence-corrected chi connectivity index (χ2v) is 5.47. The Balaban J connectivity index is 1.76. The minimum atomic E-state index is -0.941. The summed E-state index contributed by atoms with van der Waals surface area (Å²) in [5.41, 5.74) is -0.0291. The zero-order chi connectivity index (χ0) is 19.4. The van der Waals surface area contributed by atoms with Crippen LogP contribution in [0.5, 0.6) is 0 Å². The van der Waals surface area contributed by atoms with Crippen LogP contribution in [0.1, 0.15) is 20.8 Å². The van der Waals surface area contributed by atoms with Crippen LogP contribution in [0.25, 0.3) is 0 Å². The molecule has 0 aliphatic carbocycles. The SMILES string of the molecule is O=C(Nc1cccc(F)c1)c1ccnc(C(=O)Nc2ccc(F)cc2F)c1. The lowest BCUT2D eigenvalue weighted by Gasteiger charge is -2.08. The fourth-order valence-corrected chi connectivity index (χ4v) is 2.24. The Morgan fingerprint density at radius 2 is 1.59 bits per heavy atom. The van der Waals surface area contributed by atoms with Crippen molar-refractivity contribution in [1.29, 1.82) is 0 Å². The Morgan fingerprint density at radius 3 is 2.33 bits per heavy atom. The van der Waals surface area contributed by atoms with Crippen LogP contribution < -0.4 is 10.6 Å². The first-order chi connectivity index (χ1) is 12.9. The van der Waals surface area contributed by atoms with Crippen molar-refractivity contribution in [1.82, 2.24) is 4.98 Å². The molecule has 0 unspecified atom stereocenters. The number of hydrogen-bond donors (Lipinski definition) is 2. The highest BCUT2D eigenvalue weighted by Gasteiger charge is 2.14. The average Bonchev–Trinajstić information content (AvgIpc) is 2.64. The summed E-state index contributed by atoms with van der Waals surface area (Å²) < 4.78 is 39.7. The predicted molar refractivity (Wildman–Crippen MR) is 92.9 cm³/mol. The normalized spacial score (nSPS) is 10.3. The molecule has 1 aromatic heterocycles. The fourth-order valence-electron chi connectivity index (χ4n) is 2.24. The van der Waals surface area contributed by atoms with Gasteiger partial charge in [0.15, 0.2) is 0 Å². The molecule has 0 aliphatic rings. The number of benzene rings is 2. The molecule has 3 aromatic rings. The summed E-state index contributed by atoms with van der Waals surface area (Å²) >= 11 is 0. The first-order valence-corrected chi connectivity index (χ1v) is 7.72. The van der Waals surface area contributed by atoms with Gasteiger partial charge < -0.3 is 10.6 Å². The highest BCUT2D eigenvalue weighted by molar-refractivity contribution is 6.07. The molecular weight excluding hydrogens is 359 g/mol. The Bertz CT molecular complexity index is 1020. The predicted octanol–water partition coefficient (Wildman–Crippen LogP) is 4.00. The Morgan fingerprint density at radius 1 is 0.815 bits per heavy atom. The average molecular weight is 371 g/mol. The zero-order valence-electron chi connectivity index (χ0n) is 13.7. The number of amides is 2. The van der Waals surface area contributed by atoms with Crippen molar-refractivity contribution in [2.75, 3.05) is 10.6 Å². The quantitative estimate of drug-likeness (QED) is 0.728.